The van der Waals surface area contributed by atoms with Gasteiger partial charge in [0.1, 0.15) is 12.4 Å². The van der Waals surface area contributed by atoms with Crippen molar-refractivity contribution < 1.29 is 9.53 Å². The molecule has 0 atom stereocenters. The minimum absolute atomic E-state index is 0.0110. The largest absolute Gasteiger partial charge is 0.491 e. The molecule has 0 aliphatic carbocycles. The number of benzene rings is 2. The fraction of sp³-hybridized carbons (Fsp3) is 0.409. The molecule has 1 aliphatic rings. The molecular weight excluding hydrogens is 338 g/mol. The molecule has 27 heavy (non-hydrogen) atoms. The third kappa shape index (κ3) is 4.94. The van der Waals surface area contributed by atoms with E-state index in [2.05, 4.69) is 48.3 Å². The number of hydrogen-bond donors (Lipinski definition) is 1. The number of urea groups is 1. The first-order chi connectivity index (χ1) is 13.0. The zero-order valence-electron chi connectivity index (χ0n) is 16.5. The van der Waals surface area contributed by atoms with Crippen molar-refractivity contribution in [3.8, 4) is 5.75 Å². The first-order valence-corrected chi connectivity index (χ1v) is 9.58. The number of carbonyl (C=O) groups excluding carboxylic acids is 1. The summed E-state index contributed by atoms with van der Waals surface area (Å²) < 4.78 is 5.84. The Morgan fingerprint density at radius 3 is 2.33 bits per heavy atom. The minimum atomic E-state index is -0.0110. The summed E-state index contributed by atoms with van der Waals surface area (Å²) in [6, 6.07) is 14.5. The molecule has 0 spiro atoms. The van der Waals surface area contributed by atoms with E-state index in [1.165, 1.54) is 16.8 Å². The van der Waals surface area contributed by atoms with Crippen molar-refractivity contribution in [2.75, 3.05) is 44.2 Å². The molecule has 0 aromatic heterocycles. The van der Waals surface area contributed by atoms with E-state index in [0.29, 0.717) is 13.2 Å². The highest BCUT2D eigenvalue weighted by atomic mass is 16.5. The van der Waals surface area contributed by atoms with Crippen LogP contribution in [0, 0.1) is 20.8 Å². The number of ether oxygens (including phenoxy) is 1. The van der Waals surface area contributed by atoms with E-state index in [-0.39, 0.29) is 6.03 Å². The van der Waals surface area contributed by atoms with Crippen molar-refractivity contribution in [1.82, 2.24) is 10.2 Å². The van der Waals surface area contributed by atoms with Crippen LogP contribution >= 0.6 is 0 Å². The Balaban J connectivity index is 1.40. The van der Waals surface area contributed by atoms with Gasteiger partial charge in [0.05, 0.1) is 6.54 Å². The fourth-order valence-electron chi connectivity index (χ4n) is 3.33. The summed E-state index contributed by atoms with van der Waals surface area (Å²) in [4.78, 5) is 16.5. The average Bonchev–Trinajstić information content (AvgIpc) is 2.69. The maximum absolute atomic E-state index is 12.4. The normalized spacial score (nSPS) is 14.2. The molecule has 2 aromatic carbocycles. The van der Waals surface area contributed by atoms with Gasteiger partial charge in [-0.2, -0.15) is 0 Å². The van der Waals surface area contributed by atoms with E-state index in [9.17, 15) is 4.79 Å². The van der Waals surface area contributed by atoms with E-state index in [1.807, 2.05) is 30.0 Å². The zero-order valence-corrected chi connectivity index (χ0v) is 16.5. The Hall–Kier alpha value is -2.69. The van der Waals surface area contributed by atoms with Gasteiger partial charge in [-0.3, -0.25) is 0 Å². The standard InChI is InChI=1S/C22H29N3O2/c1-17-15-19(3)21(16-18(17)2)27-14-9-23-22(26)25-12-10-24(11-13-25)20-7-5-4-6-8-20/h4-8,15-16H,9-14H2,1-3H3,(H,23,26). The lowest BCUT2D eigenvalue weighted by Crippen LogP contribution is -2.52. The Morgan fingerprint density at radius 1 is 0.963 bits per heavy atom. The summed E-state index contributed by atoms with van der Waals surface area (Å²) in [6.45, 7) is 10.4. The zero-order chi connectivity index (χ0) is 19.2. The second-order valence-corrected chi connectivity index (χ2v) is 7.09. The molecule has 0 saturated carbocycles. The van der Waals surface area contributed by atoms with Crippen LogP contribution in [0.2, 0.25) is 0 Å². The number of piperazine rings is 1. The average molecular weight is 367 g/mol. The summed E-state index contributed by atoms with van der Waals surface area (Å²) in [5.41, 5.74) is 4.83. The third-order valence-corrected chi connectivity index (χ3v) is 5.12. The molecule has 1 N–H and O–H groups in total. The number of rotatable bonds is 5. The maximum atomic E-state index is 12.4. The molecule has 1 heterocycles. The van der Waals surface area contributed by atoms with Crippen molar-refractivity contribution in [3.63, 3.8) is 0 Å². The Morgan fingerprint density at radius 2 is 1.63 bits per heavy atom. The molecule has 2 amide bonds. The van der Waals surface area contributed by atoms with Crippen LogP contribution in [0.25, 0.3) is 0 Å². The van der Waals surface area contributed by atoms with Crippen LogP contribution in [0.4, 0.5) is 10.5 Å². The van der Waals surface area contributed by atoms with E-state index in [4.69, 9.17) is 4.74 Å². The fourth-order valence-corrected chi connectivity index (χ4v) is 3.33. The molecule has 5 heteroatoms. The van der Waals surface area contributed by atoms with Crippen LogP contribution in [-0.4, -0.2) is 50.3 Å². The van der Waals surface area contributed by atoms with E-state index in [0.717, 1.165) is 37.5 Å². The highest BCUT2D eigenvalue weighted by molar-refractivity contribution is 5.74. The summed E-state index contributed by atoms with van der Waals surface area (Å²) in [7, 11) is 0. The van der Waals surface area contributed by atoms with Gasteiger partial charge in [0, 0.05) is 31.9 Å². The van der Waals surface area contributed by atoms with E-state index >= 15 is 0 Å². The van der Waals surface area contributed by atoms with Crippen molar-refractivity contribution in [3.05, 3.63) is 59.2 Å². The predicted octanol–water partition coefficient (Wildman–Crippen LogP) is 3.52. The summed E-state index contributed by atoms with van der Waals surface area (Å²) in [6.07, 6.45) is 0. The molecule has 1 saturated heterocycles. The third-order valence-electron chi connectivity index (χ3n) is 5.12. The van der Waals surface area contributed by atoms with Crippen molar-refractivity contribution in [1.29, 1.82) is 0 Å². The minimum Gasteiger partial charge on any atom is -0.491 e. The Labute approximate surface area is 161 Å². The first-order valence-electron chi connectivity index (χ1n) is 9.58. The second kappa shape index (κ2) is 8.80. The molecule has 3 rings (SSSR count). The molecular formula is C22H29N3O2. The molecule has 0 bridgehead atoms. The topological polar surface area (TPSA) is 44.8 Å². The van der Waals surface area contributed by atoms with Gasteiger partial charge in [-0.15, -0.1) is 0 Å². The van der Waals surface area contributed by atoms with Gasteiger partial charge in [-0.05, 0) is 55.7 Å². The van der Waals surface area contributed by atoms with Gasteiger partial charge in [-0.1, -0.05) is 24.3 Å². The summed E-state index contributed by atoms with van der Waals surface area (Å²) >= 11 is 0. The molecule has 144 valence electrons. The lowest BCUT2D eigenvalue weighted by molar-refractivity contribution is 0.191. The van der Waals surface area contributed by atoms with Crippen LogP contribution in [0.5, 0.6) is 5.75 Å². The van der Waals surface area contributed by atoms with Gasteiger partial charge in [0.2, 0.25) is 0 Å². The summed E-state index contributed by atoms with van der Waals surface area (Å²) in [5.74, 6) is 0.892. The van der Waals surface area contributed by atoms with Crippen LogP contribution < -0.4 is 15.0 Å². The lowest BCUT2D eigenvalue weighted by Gasteiger charge is -2.36. The SMILES string of the molecule is Cc1cc(C)c(OCCNC(=O)N2CCN(c3ccccc3)CC2)cc1C. The molecule has 2 aromatic rings. The monoisotopic (exact) mass is 367 g/mol. The van der Waals surface area contributed by atoms with Crippen LogP contribution in [0.1, 0.15) is 16.7 Å². The van der Waals surface area contributed by atoms with E-state index < -0.39 is 0 Å². The first kappa shape index (κ1) is 19.1. The predicted molar refractivity (Wildman–Crippen MR) is 110 cm³/mol. The van der Waals surface area contributed by atoms with Gasteiger partial charge in [0.15, 0.2) is 0 Å². The molecule has 1 aliphatic heterocycles. The summed E-state index contributed by atoms with van der Waals surface area (Å²) in [5, 5.41) is 2.97. The van der Waals surface area contributed by atoms with Gasteiger partial charge < -0.3 is 19.9 Å². The van der Waals surface area contributed by atoms with Crippen molar-refractivity contribution in [2.24, 2.45) is 0 Å². The van der Waals surface area contributed by atoms with E-state index in [1.54, 1.807) is 0 Å². The quantitative estimate of drug-likeness (QED) is 0.823. The van der Waals surface area contributed by atoms with Crippen LogP contribution in [-0.2, 0) is 0 Å². The number of nitrogens with zero attached hydrogens (tertiary/aromatic N) is 2. The van der Waals surface area contributed by atoms with Gasteiger partial charge >= 0.3 is 6.03 Å². The number of para-hydroxylation sites is 1. The number of amides is 2. The van der Waals surface area contributed by atoms with Crippen LogP contribution in [0.3, 0.4) is 0 Å². The Kier molecular flexibility index (Phi) is 6.22. The number of hydrogen-bond acceptors (Lipinski definition) is 3. The number of aryl methyl sites for hydroxylation is 3. The molecule has 0 unspecified atom stereocenters. The van der Waals surface area contributed by atoms with Crippen LogP contribution in [0.15, 0.2) is 42.5 Å². The smallest absolute Gasteiger partial charge is 0.317 e. The number of nitrogens with one attached hydrogen (secondary N) is 1. The Bertz CT molecular complexity index is 769. The molecule has 1 fully saturated rings. The highest BCUT2D eigenvalue weighted by Gasteiger charge is 2.20. The van der Waals surface area contributed by atoms with Crippen molar-refractivity contribution in [2.45, 2.75) is 20.8 Å². The highest BCUT2D eigenvalue weighted by Crippen LogP contribution is 2.22. The molecule has 5 nitrogen and oxygen atoms in total. The van der Waals surface area contributed by atoms with Gasteiger partial charge in [0.25, 0.3) is 0 Å². The lowest BCUT2D eigenvalue weighted by atomic mass is 10.1. The number of anilines is 1. The number of carbonyl (C=O) groups is 1. The van der Waals surface area contributed by atoms with Crippen molar-refractivity contribution >= 4 is 11.7 Å². The van der Waals surface area contributed by atoms with Gasteiger partial charge in [-0.25, -0.2) is 4.79 Å². The maximum Gasteiger partial charge on any atom is 0.317 e. The molecule has 0 radical (unpaired) electrons. The second-order valence-electron chi connectivity index (χ2n) is 7.09.